The zero-order valence-electron chi connectivity index (χ0n) is 9.65. The number of hydrogen-bond acceptors (Lipinski definition) is 0. The van der Waals surface area contributed by atoms with Crippen molar-refractivity contribution in [2.45, 2.75) is 54.6 Å². The van der Waals surface area contributed by atoms with Crippen LogP contribution >= 0.6 is 0 Å². The maximum Gasteiger partial charge on any atom is 0 e. The molecule has 0 fully saturated rings. The van der Waals surface area contributed by atoms with Crippen LogP contribution in [0.2, 0.25) is 54.6 Å². The summed E-state index contributed by atoms with van der Waals surface area (Å²) >= 11 is 0. The Labute approximate surface area is 84.7 Å². The van der Waals surface area contributed by atoms with Gasteiger partial charge in [-0.25, -0.2) is 0 Å². The molecule has 0 heterocycles. The Hall–Kier alpha value is 0.673. The van der Waals surface area contributed by atoms with E-state index in [-0.39, 0.29) is 29.9 Å². The van der Waals surface area contributed by atoms with Gasteiger partial charge in [0.15, 0.2) is 0 Å². The molecule has 0 spiro atoms. The van der Waals surface area contributed by atoms with Crippen molar-refractivity contribution in [3.05, 3.63) is 0 Å². The van der Waals surface area contributed by atoms with E-state index >= 15 is 0 Å². The third-order valence-corrected chi connectivity index (χ3v) is 0. The SMILES string of the molecule is C[B-](C)(C)C.C[B-](C)(C)C.[Ge]. The minimum atomic E-state index is 0. The molecule has 0 aliphatic rings. The molecular weight excluding hydrogens is 190 g/mol. The summed E-state index contributed by atoms with van der Waals surface area (Å²) in [7, 11) is 0. The largest absolute Gasteiger partial charge is 0.191 e. The van der Waals surface area contributed by atoms with Crippen LogP contribution < -0.4 is 0 Å². The summed E-state index contributed by atoms with van der Waals surface area (Å²) < 4.78 is 0. The topological polar surface area (TPSA) is 0 Å². The molecule has 0 aromatic rings. The van der Waals surface area contributed by atoms with Gasteiger partial charge in [-0.1, -0.05) is 0 Å². The molecule has 4 radical (unpaired) electrons. The van der Waals surface area contributed by atoms with Crippen LogP contribution in [0.5, 0.6) is 0 Å². The molecule has 0 amide bonds. The molecule has 0 aliphatic heterocycles. The van der Waals surface area contributed by atoms with Gasteiger partial charge >= 0.3 is 0 Å². The molecule has 0 unspecified atom stereocenters. The van der Waals surface area contributed by atoms with Gasteiger partial charge < -0.3 is 0 Å². The smallest absolute Gasteiger partial charge is 0 e. The van der Waals surface area contributed by atoms with E-state index in [4.69, 9.17) is 0 Å². The van der Waals surface area contributed by atoms with Gasteiger partial charge in [0.05, 0.1) is 0 Å². The summed E-state index contributed by atoms with van der Waals surface area (Å²) in [6.45, 7) is 18.0. The monoisotopic (exact) mass is 216 g/mol. The number of hydrogen-bond donors (Lipinski definition) is 0. The van der Waals surface area contributed by atoms with Crippen LogP contribution in [-0.2, 0) is 0 Å². The Morgan fingerprint density at radius 2 is 0.455 bits per heavy atom. The quantitative estimate of drug-likeness (QED) is 0.541. The van der Waals surface area contributed by atoms with Crippen molar-refractivity contribution in [2.75, 3.05) is 0 Å². The van der Waals surface area contributed by atoms with E-state index in [1.807, 2.05) is 0 Å². The molecule has 68 valence electrons. The van der Waals surface area contributed by atoms with Crippen molar-refractivity contribution in [3.8, 4) is 0 Å². The fourth-order valence-corrected chi connectivity index (χ4v) is 0. The van der Waals surface area contributed by atoms with Crippen LogP contribution in [0, 0.1) is 0 Å². The minimum Gasteiger partial charge on any atom is -0.191 e. The maximum atomic E-state index is 2.25. The molecule has 0 bridgehead atoms. The van der Waals surface area contributed by atoms with Gasteiger partial charge in [0.1, 0.15) is 0 Å². The van der Waals surface area contributed by atoms with Crippen molar-refractivity contribution in [3.63, 3.8) is 0 Å². The van der Waals surface area contributed by atoms with E-state index in [0.29, 0.717) is 0 Å². The van der Waals surface area contributed by atoms with Gasteiger partial charge in [-0.2, -0.15) is 54.6 Å². The van der Waals surface area contributed by atoms with E-state index in [1.165, 1.54) is 0 Å². The minimum absolute atomic E-state index is 0. The fourth-order valence-electron chi connectivity index (χ4n) is 0. The third-order valence-electron chi connectivity index (χ3n) is 0. The second-order valence-electron chi connectivity index (χ2n) is 6.93. The molecule has 0 saturated heterocycles. The summed E-state index contributed by atoms with van der Waals surface area (Å²) in [6, 6.07) is 0. The molecule has 0 atom stereocenters. The van der Waals surface area contributed by atoms with Crippen LogP contribution in [0.3, 0.4) is 0 Å². The van der Waals surface area contributed by atoms with E-state index in [0.717, 1.165) is 0 Å². The maximum absolute atomic E-state index is 2.25. The van der Waals surface area contributed by atoms with Crippen LogP contribution in [0.1, 0.15) is 0 Å². The van der Waals surface area contributed by atoms with E-state index < -0.39 is 0 Å². The molecule has 0 saturated carbocycles. The molecule has 0 aromatic carbocycles. The van der Waals surface area contributed by atoms with E-state index in [1.54, 1.807) is 0 Å². The fraction of sp³-hybridized carbons (Fsp3) is 1.00. The van der Waals surface area contributed by atoms with Gasteiger partial charge in [0.2, 0.25) is 0 Å². The van der Waals surface area contributed by atoms with Gasteiger partial charge in [-0.3, -0.25) is 0 Å². The summed E-state index contributed by atoms with van der Waals surface area (Å²) in [5.74, 6) is 0. The van der Waals surface area contributed by atoms with E-state index in [9.17, 15) is 0 Å². The van der Waals surface area contributed by atoms with Crippen LogP contribution in [0.15, 0.2) is 0 Å². The van der Waals surface area contributed by atoms with E-state index in [2.05, 4.69) is 54.6 Å². The van der Waals surface area contributed by atoms with Crippen molar-refractivity contribution in [2.24, 2.45) is 0 Å². The Bertz CT molecular complexity index is 55.1. The average molecular weight is 215 g/mol. The number of rotatable bonds is 0. The predicted octanol–water partition coefficient (Wildman–Crippen LogP) is 3.53. The predicted molar refractivity (Wildman–Crippen MR) is 64.2 cm³/mol. The van der Waals surface area contributed by atoms with Crippen molar-refractivity contribution in [1.82, 2.24) is 0 Å². The van der Waals surface area contributed by atoms with Crippen LogP contribution in [-0.4, -0.2) is 29.9 Å². The Kier molecular flexibility index (Phi) is 9.99. The molecule has 0 nitrogen and oxygen atoms in total. The third kappa shape index (κ3) is 1770. The molecule has 11 heavy (non-hydrogen) atoms. The van der Waals surface area contributed by atoms with Crippen molar-refractivity contribution in [1.29, 1.82) is 0 Å². The zero-order chi connectivity index (χ0) is 9.00. The molecule has 0 aliphatic carbocycles. The summed E-state index contributed by atoms with van der Waals surface area (Å²) in [4.78, 5) is 0. The summed E-state index contributed by atoms with van der Waals surface area (Å²) in [6.07, 6.45) is 0. The van der Waals surface area contributed by atoms with Gasteiger partial charge in [0.25, 0.3) is 0 Å². The first kappa shape index (κ1) is 17.7. The first-order valence-corrected chi connectivity index (χ1v) is 4.62. The standard InChI is InChI=1S/2C4H12B.Ge/c2*1-5(2,3)4;/h2*1-4H3;/q2*-1;. The molecule has 0 N–H and O–H groups in total. The molecule has 0 aromatic heterocycles. The average Bonchev–Trinajstić information content (AvgIpc) is 1.12. The normalized spacial score (nSPS) is 10.9. The Balaban J connectivity index is -0.000000107. The van der Waals surface area contributed by atoms with Gasteiger partial charge in [-0.15, -0.1) is 0 Å². The van der Waals surface area contributed by atoms with Crippen molar-refractivity contribution < 1.29 is 0 Å². The summed E-state index contributed by atoms with van der Waals surface area (Å²) in [5.41, 5.74) is 0. The van der Waals surface area contributed by atoms with Gasteiger partial charge in [-0.05, 0) is 12.3 Å². The van der Waals surface area contributed by atoms with Crippen LogP contribution in [0.25, 0.3) is 0 Å². The molecule has 3 heteroatoms. The Morgan fingerprint density at radius 3 is 0.455 bits per heavy atom. The first-order valence-electron chi connectivity index (χ1n) is 4.62. The second kappa shape index (κ2) is 6.22. The molecular formula is C8H24B2Ge-2. The van der Waals surface area contributed by atoms with Crippen molar-refractivity contribution >= 4 is 29.9 Å². The van der Waals surface area contributed by atoms with Crippen LogP contribution in [0.4, 0.5) is 0 Å². The zero-order valence-corrected chi connectivity index (χ0v) is 11.8. The van der Waals surface area contributed by atoms with Gasteiger partial charge in [0, 0.05) is 17.6 Å². The summed E-state index contributed by atoms with van der Waals surface area (Å²) in [5, 5.41) is 0. The second-order valence-corrected chi connectivity index (χ2v) is 6.93. The first-order chi connectivity index (χ1) is 4.00. The molecule has 0 rings (SSSR count). The Morgan fingerprint density at radius 1 is 0.455 bits per heavy atom.